The zero-order valence-corrected chi connectivity index (χ0v) is 12.8. The van der Waals surface area contributed by atoms with E-state index in [9.17, 15) is 0 Å². The number of hydrazine groups is 1. The SMILES string of the molecule is C#CC/C=C(\C(N)=C(\Br)CO)N(N)CC(C)(C)C. The van der Waals surface area contributed by atoms with Gasteiger partial charge in [-0.1, -0.05) is 36.7 Å². The molecule has 5 N–H and O–H groups in total. The maximum atomic E-state index is 9.08. The highest BCUT2D eigenvalue weighted by atomic mass is 79.9. The van der Waals surface area contributed by atoms with Crippen LogP contribution in [0.3, 0.4) is 0 Å². The number of nitrogens with two attached hydrogens (primary N) is 2. The minimum Gasteiger partial charge on any atom is -0.396 e. The van der Waals surface area contributed by atoms with Crippen molar-refractivity contribution in [2.75, 3.05) is 13.2 Å². The first-order valence-electron chi connectivity index (χ1n) is 5.64. The van der Waals surface area contributed by atoms with Gasteiger partial charge in [-0.3, -0.25) is 0 Å². The molecule has 0 aliphatic rings. The highest BCUT2D eigenvalue weighted by Gasteiger charge is 2.18. The number of hydrogen-bond donors (Lipinski definition) is 3. The second-order valence-corrected chi connectivity index (χ2v) is 6.12. The standard InChI is InChI=1S/C13H22BrN3O/c1-5-6-7-11(12(15)10(14)8-18)17(16)9-13(2,3)4/h1,7,18H,6,8-9,15-16H2,2-4H3/b11-7+,12-10-. The zero-order chi connectivity index (χ0) is 14.3. The van der Waals surface area contributed by atoms with Gasteiger partial charge in [-0.2, -0.15) is 0 Å². The highest BCUT2D eigenvalue weighted by Crippen LogP contribution is 2.21. The van der Waals surface area contributed by atoms with Gasteiger partial charge < -0.3 is 15.8 Å². The van der Waals surface area contributed by atoms with Crippen LogP contribution < -0.4 is 11.6 Å². The van der Waals surface area contributed by atoms with E-state index in [1.807, 2.05) is 0 Å². The molecule has 4 nitrogen and oxygen atoms in total. The van der Waals surface area contributed by atoms with Crippen LogP contribution in [0.1, 0.15) is 27.2 Å². The van der Waals surface area contributed by atoms with E-state index < -0.39 is 0 Å². The Balaban J connectivity index is 5.21. The smallest absolute Gasteiger partial charge is 0.0768 e. The molecule has 0 rings (SSSR count). The number of rotatable bonds is 5. The molecule has 0 bridgehead atoms. The number of aliphatic hydroxyl groups excluding tert-OH is 1. The van der Waals surface area contributed by atoms with Crippen molar-refractivity contribution in [2.45, 2.75) is 27.2 Å². The van der Waals surface area contributed by atoms with Crippen LogP contribution in [0.15, 0.2) is 22.0 Å². The Morgan fingerprint density at radius 1 is 1.50 bits per heavy atom. The third-order valence-electron chi connectivity index (χ3n) is 2.07. The Morgan fingerprint density at radius 3 is 2.44 bits per heavy atom. The molecule has 18 heavy (non-hydrogen) atoms. The lowest BCUT2D eigenvalue weighted by molar-refractivity contribution is 0.241. The maximum absolute atomic E-state index is 9.08. The van der Waals surface area contributed by atoms with E-state index in [1.165, 1.54) is 0 Å². The van der Waals surface area contributed by atoms with Gasteiger partial charge in [-0.05, 0) is 11.5 Å². The summed E-state index contributed by atoms with van der Waals surface area (Å²) in [6.45, 7) is 6.67. The van der Waals surface area contributed by atoms with E-state index in [1.54, 1.807) is 11.1 Å². The Bertz CT molecular complexity index is 375. The van der Waals surface area contributed by atoms with Gasteiger partial charge in [0, 0.05) is 17.4 Å². The average Bonchev–Trinajstić information content (AvgIpc) is 2.25. The summed E-state index contributed by atoms with van der Waals surface area (Å²) in [6.07, 6.45) is 7.45. The summed E-state index contributed by atoms with van der Waals surface area (Å²) in [5, 5.41) is 10.6. The minimum absolute atomic E-state index is 0.0238. The average molecular weight is 316 g/mol. The van der Waals surface area contributed by atoms with E-state index in [4.69, 9.17) is 23.1 Å². The number of hydrogen-bond acceptors (Lipinski definition) is 4. The molecule has 0 aromatic rings. The molecule has 0 heterocycles. The van der Waals surface area contributed by atoms with Crippen molar-refractivity contribution in [3.63, 3.8) is 0 Å². The van der Waals surface area contributed by atoms with Crippen molar-refractivity contribution in [1.82, 2.24) is 5.01 Å². The molecule has 0 fully saturated rings. The lowest BCUT2D eigenvalue weighted by atomic mass is 9.96. The first-order valence-corrected chi connectivity index (χ1v) is 6.43. The summed E-state index contributed by atoms with van der Waals surface area (Å²) in [6, 6.07) is 0. The minimum atomic E-state index is -0.178. The van der Waals surface area contributed by atoms with E-state index in [-0.39, 0.29) is 12.0 Å². The van der Waals surface area contributed by atoms with Gasteiger partial charge in [-0.25, -0.2) is 5.84 Å². The van der Waals surface area contributed by atoms with Gasteiger partial charge in [0.2, 0.25) is 0 Å². The lowest BCUT2D eigenvalue weighted by Gasteiger charge is -2.30. The lowest BCUT2D eigenvalue weighted by Crippen LogP contribution is -2.39. The second-order valence-electron chi connectivity index (χ2n) is 5.16. The molecule has 0 aromatic heterocycles. The van der Waals surface area contributed by atoms with Gasteiger partial charge in [0.15, 0.2) is 0 Å². The molecule has 0 radical (unpaired) electrons. The summed E-state index contributed by atoms with van der Waals surface area (Å²) in [4.78, 5) is 0. The largest absolute Gasteiger partial charge is 0.396 e. The third kappa shape index (κ3) is 6.10. The summed E-state index contributed by atoms with van der Waals surface area (Å²) in [7, 11) is 0. The first kappa shape index (κ1) is 17.0. The van der Waals surface area contributed by atoms with Crippen LogP contribution in [0.25, 0.3) is 0 Å². The van der Waals surface area contributed by atoms with Crippen molar-refractivity contribution in [1.29, 1.82) is 0 Å². The van der Waals surface area contributed by atoms with Gasteiger partial charge in [-0.15, -0.1) is 12.3 Å². The Morgan fingerprint density at radius 2 is 2.06 bits per heavy atom. The molecule has 0 aliphatic heterocycles. The van der Waals surface area contributed by atoms with Crippen molar-refractivity contribution in [2.24, 2.45) is 17.0 Å². The number of halogens is 1. The van der Waals surface area contributed by atoms with Crippen LogP contribution in [-0.2, 0) is 0 Å². The fourth-order valence-corrected chi connectivity index (χ4v) is 1.56. The Hall–Kier alpha value is -0.960. The molecule has 0 spiro atoms. The summed E-state index contributed by atoms with van der Waals surface area (Å²) >= 11 is 3.21. The van der Waals surface area contributed by atoms with Gasteiger partial charge in [0.1, 0.15) is 0 Å². The van der Waals surface area contributed by atoms with Crippen molar-refractivity contribution in [3.8, 4) is 12.3 Å². The predicted octanol–water partition coefficient (Wildman–Crippen LogP) is 1.67. The number of aliphatic hydroxyl groups is 1. The molecule has 0 aliphatic carbocycles. The van der Waals surface area contributed by atoms with Crippen LogP contribution in [-0.4, -0.2) is 23.3 Å². The van der Waals surface area contributed by atoms with Gasteiger partial charge in [0.05, 0.1) is 18.0 Å². The molecular formula is C13H22BrN3O. The van der Waals surface area contributed by atoms with Crippen LogP contribution >= 0.6 is 15.9 Å². The molecule has 5 heteroatoms. The molecule has 102 valence electrons. The second kappa shape index (κ2) is 7.47. The van der Waals surface area contributed by atoms with Gasteiger partial charge >= 0.3 is 0 Å². The summed E-state index contributed by atoms with van der Waals surface area (Å²) < 4.78 is 0.495. The Labute approximate surface area is 118 Å². The van der Waals surface area contributed by atoms with E-state index in [0.717, 1.165) is 0 Å². The number of terminal acetylenes is 1. The van der Waals surface area contributed by atoms with E-state index in [2.05, 4.69) is 42.6 Å². The predicted molar refractivity (Wildman–Crippen MR) is 79.1 cm³/mol. The van der Waals surface area contributed by atoms with Crippen molar-refractivity contribution < 1.29 is 5.11 Å². The normalized spacial score (nSPS) is 13.9. The summed E-state index contributed by atoms with van der Waals surface area (Å²) in [5.41, 5.74) is 7.00. The Kier molecular flexibility index (Phi) is 7.07. The van der Waals surface area contributed by atoms with Crippen molar-refractivity contribution >= 4 is 15.9 Å². The van der Waals surface area contributed by atoms with Crippen LogP contribution in [0.5, 0.6) is 0 Å². The molecule has 0 unspecified atom stereocenters. The number of nitrogens with zero attached hydrogens (tertiary/aromatic N) is 1. The molecule has 0 amide bonds. The van der Waals surface area contributed by atoms with Crippen LogP contribution in [0, 0.1) is 17.8 Å². The quantitative estimate of drug-likeness (QED) is 0.312. The monoisotopic (exact) mass is 315 g/mol. The highest BCUT2D eigenvalue weighted by molar-refractivity contribution is 9.11. The molecule has 0 saturated carbocycles. The topological polar surface area (TPSA) is 75.5 Å². The molecule has 0 aromatic carbocycles. The first-order chi connectivity index (χ1) is 8.22. The molecular weight excluding hydrogens is 294 g/mol. The fourth-order valence-electron chi connectivity index (χ4n) is 1.36. The van der Waals surface area contributed by atoms with Gasteiger partial charge in [0.25, 0.3) is 0 Å². The summed E-state index contributed by atoms with van der Waals surface area (Å²) in [5.74, 6) is 8.53. The maximum Gasteiger partial charge on any atom is 0.0768 e. The third-order valence-corrected chi connectivity index (χ3v) is 2.75. The fraction of sp³-hybridized carbons (Fsp3) is 0.538. The number of allylic oxidation sites excluding steroid dienone is 1. The van der Waals surface area contributed by atoms with Crippen molar-refractivity contribution in [3.05, 3.63) is 22.0 Å². The van der Waals surface area contributed by atoms with Crippen LogP contribution in [0.2, 0.25) is 0 Å². The molecule has 0 saturated heterocycles. The van der Waals surface area contributed by atoms with E-state index >= 15 is 0 Å². The van der Waals surface area contributed by atoms with E-state index in [0.29, 0.717) is 28.8 Å². The molecule has 0 atom stereocenters. The van der Waals surface area contributed by atoms with Crippen LogP contribution in [0.4, 0.5) is 0 Å². The zero-order valence-electron chi connectivity index (χ0n) is 11.2.